The lowest BCUT2D eigenvalue weighted by molar-refractivity contribution is 0.285. The Labute approximate surface area is 89.5 Å². The van der Waals surface area contributed by atoms with Crippen LogP contribution in [0.25, 0.3) is 0 Å². The molecule has 0 aromatic heterocycles. The summed E-state index contributed by atoms with van der Waals surface area (Å²) in [5.41, 5.74) is 1.48. The molecular weight excluding hydrogens is 170 g/mol. The van der Waals surface area contributed by atoms with Gasteiger partial charge in [-0.3, -0.25) is 0 Å². The predicted molar refractivity (Wildman–Crippen MR) is 65.5 cm³/mol. The monoisotopic (exact) mass is 195 g/mol. The molecule has 14 heavy (non-hydrogen) atoms. The van der Waals surface area contributed by atoms with Crippen molar-refractivity contribution in [3.63, 3.8) is 0 Å². The van der Waals surface area contributed by atoms with Crippen molar-refractivity contribution in [2.24, 2.45) is 5.92 Å². The van der Waals surface area contributed by atoms with Crippen LogP contribution in [0.2, 0.25) is 0 Å². The predicted octanol–water partition coefficient (Wildman–Crippen LogP) is 3.49. The standard InChI is InChI=1S/C13H25N/c1-7-9-12(8-2)13(14(5)6)10-11(3)4/h7,9,11,13H,1,8,10H2,2-6H3/b12-9-. The van der Waals surface area contributed by atoms with Gasteiger partial charge in [0, 0.05) is 6.04 Å². The second kappa shape index (κ2) is 6.83. The summed E-state index contributed by atoms with van der Waals surface area (Å²) in [5, 5.41) is 0. The molecule has 0 N–H and O–H groups in total. The van der Waals surface area contributed by atoms with Gasteiger partial charge in [0.05, 0.1) is 0 Å². The maximum atomic E-state index is 3.77. The maximum Gasteiger partial charge on any atom is 0.0306 e. The van der Waals surface area contributed by atoms with Gasteiger partial charge in [0.2, 0.25) is 0 Å². The third-order valence-electron chi connectivity index (χ3n) is 2.49. The van der Waals surface area contributed by atoms with E-state index >= 15 is 0 Å². The number of nitrogens with zero attached hydrogens (tertiary/aromatic N) is 1. The van der Waals surface area contributed by atoms with Gasteiger partial charge in [-0.15, -0.1) is 0 Å². The first-order valence-electron chi connectivity index (χ1n) is 5.50. The first kappa shape index (κ1) is 13.4. The average molecular weight is 195 g/mol. The Morgan fingerprint density at radius 2 is 1.93 bits per heavy atom. The largest absolute Gasteiger partial charge is 0.303 e. The van der Waals surface area contributed by atoms with Crippen LogP contribution >= 0.6 is 0 Å². The normalized spacial score (nSPS) is 14.9. The molecule has 0 radical (unpaired) electrons. The van der Waals surface area contributed by atoms with E-state index in [4.69, 9.17) is 0 Å². The average Bonchev–Trinajstić information content (AvgIpc) is 2.10. The Morgan fingerprint density at radius 3 is 2.21 bits per heavy atom. The molecule has 0 aromatic rings. The van der Waals surface area contributed by atoms with Gasteiger partial charge in [-0.1, -0.05) is 45.1 Å². The Balaban J connectivity index is 4.60. The maximum absolute atomic E-state index is 3.77. The molecule has 0 aliphatic carbocycles. The zero-order valence-electron chi connectivity index (χ0n) is 10.4. The quantitative estimate of drug-likeness (QED) is 0.586. The lowest BCUT2D eigenvalue weighted by atomic mass is 9.94. The molecule has 0 heterocycles. The van der Waals surface area contributed by atoms with Gasteiger partial charge in [-0.05, 0) is 32.9 Å². The highest BCUT2D eigenvalue weighted by Crippen LogP contribution is 2.19. The van der Waals surface area contributed by atoms with Gasteiger partial charge < -0.3 is 4.90 Å². The van der Waals surface area contributed by atoms with Crippen molar-refractivity contribution < 1.29 is 0 Å². The molecular formula is C13H25N. The molecule has 0 spiro atoms. The van der Waals surface area contributed by atoms with Crippen LogP contribution in [-0.2, 0) is 0 Å². The summed E-state index contributed by atoms with van der Waals surface area (Å²) in [6, 6.07) is 0.568. The van der Waals surface area contributed by atoms with Crippen LogP contribution in [0, 0.1) is 5.92 Å². The van der Waals surface area contributed by atoms with Crippen LogP contribution in [0.5, 0.6) is 0 Å². The number of likely N-dealkylation sites (N-methyl/N-ethyl adjacent to an activating group) is 1. The van der Waals surface area contributed by atoms with Crippen molar-refractivity contribution in [1.82, 2.24) is 4.90 Å². The van der Waals surface area contributed by atoms with Crippen LogP contribution in [0.3, 0.4) is 0 Å². The van der Waals surface area contributed by atoms with E-state index in [1.54, 1.807) is 0 Å². The van der Waals surface area contributed by atoms with Gasteiger partial charge in [-0.2, -0.15) is 0 Å². The molecule has 0 aliphatic rings. The van der Waals surface area contributed by atoms with Crippen molar-refractivity contribution >= 4 is 0 Å². The lowest BCUT2D eigenvalue weighted by Gasteiger charge is -2.28. The second-order valence-electron chi connectivity index (χ2n) is 4.44. The zero-order chi connectivity index (χ0) is 11.1. The highest BCUT2D eigenvalue weighted by atomic mass is 15.1. The minimum Gasteiger partial charge on any atom is -0.303 e. The Bertz CT molecular complexity index is 189. The fourth-order valence-electron chi connectivity index (χ4n) is 1.76. The number of rotatable bonds is 6. The second-order valence-corrected chi connectivity index (χ2v) is 4.44. The molecule has 1 nitrogen and oxygen atoms in total. The molecule has 0 saturated carbocycles. The Morgan fingerprint density at radius 1 is 1.36 bits per heavy atom. The molecule has 1 heteroatoms. The van der Waals surface area contributed by atoms with Crippen molar-refractivity contribution in [2.75, 3.05) is 14.1 Å². The van der Waals surface area contributed by atoms with Crippen LogP contribution in [0.4, 0.5) is 0 Å². The smallest absolute Gasteiger partial charge is 0.0306 e. The molecule has 82 valence electrons. The Kier molecular flexibility index (Phi) is 6.56. The van der Waals surface area contributed by atoms with E-state index in [2.05, 4.69) is 52.4 Å². The fourth-order valence-corrected chi connectivity index (χ4v) is 1.76. The third-order valence-corrected chi connectivity index (χ3v) is 2.49. The zero-order valence-corrected chi connectivity index (χ0v) is 10.4. The van der Waals surface area contributed by atoms with Crippen LogP contribution in [-0.4, -0.2) is 25.0 Å². The number of hydrogen-bond donors (Lipinski definition) is 0. The third kappa shape index (κ3) is 4.61. The summed E-state index contributed by atoms with van der Waals surface area (Å²) in [6.07, 6.45) is 6.39. The molecule has 0 rings (SSSR count). The molecule has 1 atom stereocenters. The first-order valence-corrected chi connectivity index (χ1v) is 5.50. The summed E-state index contributed by atoms with van der Waals surface area (Å²) in [6.45, 7) is 10.5. The van der Waals surface area contributed by atoms with E-state index in [9.17, 15) is 0 Å². The summed E-state index contributed by atoms with van der Waals surface area (Å²) < 4.78 is 0. The van der Waals surface area contributed by atoms with Crippen LogP contribution in [0.15, 0.2) is 24.3 Å². The van der Waals surface area contributed by atoms with Crippen molar-refractivity contribution in [3.8, 4) is 0 Å². The van der Waals surface area contributed by atoms with E-state index < -0.39 is 0 Å². The molecule has 1 unspecified atom stereocenters. The molecule has 0 saturated heterocycles. The summed E-state index contributed by atoms with van der Waals surface area (Å²) in [5.74, 6) is 0.738. The van der Waals surface area contributed by atoms with Gasteiger partial charge in [0.15, 0.2) is 0 Å². The van der Waals surface area contributed by atoms with Crippen molar-refractivity contribution in [1.29, 1.82) is 0 Å². The number of hydrogen-bond acceptors (Lipinski definition) is 1. The molecule has 0 fully saturated rings. The summed E-state index contributed by atoms with van der Waals surface area (Å²) in [7, 11) is 4.30. The molecule has 0 aliphatic heterocycles. The van der Waals surface area contributed by atoms with Crippen molar-refractivity contribution in [3.05, 3.63) is 24.3 Å². The topological polar surface area (TPSA) is 3.24 Å². The highest BCUT2D eigenvalue weighted by molar-refractivity contribution is 5.16. The highest BCUT2D eigenvalue weighted by Gasteiger charge is 2.16. The van der Waals surface area contributed by atoms with E-state index in [1.807, 2.05) is 6.08 Å². The Hall–Kier alpha value is -0.560. The molecule has 0 bridgehead atoms. The molecule has 0 amide bonds. The SMILES string of the molecule is C=C/C=C(/CC)C(CC(C)C)N(C)C. The summed E-state index contributed by atoms with van der Waals surface area (Å²) >= 11 is 0. The van der Waals surface area contributed by atoms with Gasteiger partial charge in [0.1, 0.15) is 0 Å². The van der Waals surface area contributed by atoms with E-state index in [0.717, 1.165) is 12.3 Å². The van der Waals surface area contributed by atoms with E-state index in [0.29, 0.717) is 6.04 Å². The van der Waals surface area contributed by atoms with Crippen LogP contribution < -0.4 is 0 Å². The van der Waals surface area contributed by atoms with E-state index in [1.165, 1.54) is 12.0 Å². The fraction of sp³-hybridized carbons (Fsp3) is 0.692. The minimum absolute atomic E-state index is 0.568. The minimum atomic E-state index is 0.568. The van der Waals surface area contributed by atoms with Crippen molar-refractivity contribution in [2.45, 2.75) is 39.7 Å². The first-order chi connectivity index (χ1) is 6.52. The molecule has 0 aromatic carbocycles. The van der Waals surface area contributed by atoms with Crippen LogP contribution in [0.1, 0.15) is 33.6 Å². The van der Waals surface area contributed by atoms with Gasteiger partial charge in [0.25, 0.3) is 0 Å². The van der Waals surface area contributed by atoms with E-state index in [-0.39, 0.29) is 0 Å². The van der Waals surface area contributed by atoms with Gasteiger partial charge in [-0.25, -0.2) is 0 Å². The van der Waals surface area contributed by atoms with Gasteiger partial charge >= 0.3 is 0 Å². The summed E-state index contributed by atoms with van der Waals surface area (Å²) in [4.78, 5) is 2.30. The number of allylic oxidation sites excluding steroid dienone is 2. The lowest BCUT2D eigenvalue weighted by Crippen LogP contribution is -2.31.